The molecule has 0 aliphatic heterocycles. The molecular weight excluding hydrogens is 356 g/mol. The number of hydrogen-bond donors (Lipinski definition) is 1. The van der Waals surface area contributed by atoms with E-state index < -0.39 is 0 Å². The number of amides is 2. The normalized spacial score (nSPS) is 10.2. The molecule has 0 fully saturated rings. The lowest BCUT2D eigenvalue weighted by Gasteiger charge is -2.23. The standard InChI is InChI=1S/C19H21ClN2O4/c1-12-8-17(18(26-4)10-16(12)20)22(13(2)23)11-19(24)21-14-6-5-7-15(9-14)25-3/h5-10H,11H2,1-4H3,(H,21,24). The molecule has 0 saturated heterocycles. The fraction of sp³-hybridized carbons (Fsp3) is 0.263. The number of ether oxygens (including phenoxy) is 2. The second kappa shape index (κ2) is 8.58. The number of carbonyl (C=O) groups is 2. The number of anilines is 2. The van der Waals surface area contributed by atoms with Gasteiger partial charge in [0.15, 0.2) is 0 Å². The Morgan fingerprint density at radius 3 is 2.50 bits per heavy atom. The third kappa shape index (κ3) is 4.67. The molecule has 6 nitrogen and oxygen atoms in total. The topological polar surface area (TPSA) is 67.9 Å². The van der Waals surface area contributed by atoms with Crippen LogP contribution >= 0.6 is 11.6 Å². The van der Waals surface area contributed by atoms with Crippen molar-refractivity contribution in [1.82, 2.24) is 0 Å². The smallest absolute Gasteiger partial charge is 0.244 e. The maximum atomic E-state index is 12.4. The third-order valence-electron chi connectivity index (χ3n) is 3.79. The Labute approximate surface area is 157 Å². The van der Waals surface area contributed by atoms with Crippen LogP contribution < -0.4 is 19.7 Å². The van der Waals surface area contributed by atoms with Crippen molar-refractivity contribution >= 4 is 34.8 Å². The Morgan fingerprint density at radius 2 is 1.88 bits per heavy atom. The molecule has 0 aliphatic carbocycles. The number of rotatable bonds is 6. The highest BCUT2D eigenvalue weighted by atomic mass is 35.5. The van der Waals surface area contributed by atoms with Crippen molar-refractivity contribution < 1.29 is 19.1 Å². The van der Waals surface area contributed by atoms with Crippen molar-refractivity contribution in [3.8, 4) is 11.5 Å². The van der Waals surface area contributed by atoms with Gasteiger partial charge in [0.05, 0.1) is 19.9 Å². The van der Waals surface area contributed by atoms with E-state index in [1.54, 1.807) is 43.5 Å². The van der Waals surface area contributed by atoms with Gasteiger partial charge in [0.2, 0.25) is 11.8 Å². The number of nitrogens with one attached hydrogen (secondary N) is 1. The SMILES string of the molecule is COc1cccc(NC(=O)CN(C(C)=O)c2cc(C)c(Cl)cc2OC)c1. The number of halogens is 1. The molecule has 2 aromatic rings. The minimum Gasteiger partial charge on any atom is -0.497 e. The maximum Gasteiger partial charge on any atom is 0.244 e. The molecule has 7 heteroatoms. The molecule has 0 aliphatic rings. The minimum atomic E-state index is -0.344. The summed E-state index contributed by atoms with van der Waals surface area (Å²) in [6.07, 6.45) is 0. The van der Waals surface area contributed by atoms with Crippen LogP contribution in [-0.4, -0.2) is 32.6 Å². The molecule has 2 aromatic carbocycles. The van der Waals surface area contributed by atoms with Crippen LogP contribution in [0.4, 0.5) is 11.4 Å². The molecule has 2 rings (SSSR count). The van der Waals surface area contributed by atoms with Crippen LogP contribution in [-0.2, 0) is 9.59 Å². The minimum absolute atomic E-state index is 0.163. The first-order chi connectivity index (χ1) is 12.3. The van der Waals surface area contributed by atoms with Gasteiger partial charge in [-0.05, 0) is 30.7 Å². The van der Waals surface area contributed by atoms with Crippen molar-refractivity contribution in [2.75, 3.05) is 31.0 Å². The van der Waals surface area contributed by atoms with Gasteiger partial charge < -0.3 is 14.8 Å². The van der Waals surface area contributed by atoms with E-state index in [1.807, 2.05) is 6.92 Å². The lowest BCUT2D eigenvalue weighted by molar-refractivity contribution is -0.120. The van der Waals surface area contributed by atoms with Gasteiger partial charge >= 0.3 is 0 Å². The fourth-order valence-electron chi connectivity index (χ4n) is 2.43. The van der Waals surface area contributed by atoms with E-state index in [0.717, 1.165) is 5.56 Å². The van der Waals surface area contributed by atoms with E-state index in [9.17, 15) is 9.59 Å². The number of carbonyl (C=O) groups excluding carboxylic acids is 2. The number of hydrogen-bond acceptors (Lipinski definition) is 4. The first-order valence-electron chi connectivity index (χ1n) is 7.92. The summed E-state index contributed by atoms with van der Waals surface area (Å²) in [4.78, 5) is 25.9. The number of aryl methyl sites for hydroxylation is 1. The van der Waals surface area contributed by atoms with Crippen LogP contribution in [0.1, 0.15) is 12.5 Å². The average Bonchev–Trinajstić information content (AvgIpc) is 2.61. The van der Waals surface area contributed by atoms with E-state index in [0.29, 0.717) is 27.9 Å². The maximum absolute atomic E-state index is 12.4. The first kappa shape index (κ1) is 19.6. The summed E-state index contributed by atoms with van der Waals surface area (Å²) in [5, 5.41) is 3.28. The van der Waals surface area contributed by atoms with Gasteiger partial charge in [0, 0.05) is 29.8 Å². The van der Waals surface area contributed by atoms with E-state index >= 15 is 0 Å². The van der Waals surface area contributed by atoms with Gasteiger partial charge in [-0.2, -0.15) is 0 Å². The fourth-order valence-corrected chi connectivity index (χ4v) is 2.59. The predicted molar refractivity (Wildman–Crippen MR) is 102 cm³/mol. The van der Waals surface area contributed by atoms with Crippen LogP contribution in [0, 0.1) is 6.92 Å². The molecule has 0 saturated carbocycles. The van der Waals surface area contributed by atoms with Crippen molar-refractivity contribution in [1.29, 1.82) is 0 Å². The number of methoxy groups -OCH3 is 2. The summed E-state index contributed by atoms with van der Waals surface area (Å²) < 4.78 is 10.5. The Hall–Kier alpha value is -2.73. The van der Waals surface area contributed by atoms with Gasteiger partial charge in [-0.3, -0.25) is 14.5 Å². The van der Waals surface area contributed by atoms with Crippen molar-refractivity contribution in [2.45, 2.75) is 13.8 Å². The summed E-state index contributed by atoms with van der Waals surface area (Å²) in [7, 11) is 3.03. The average molecular weight is 377 g/mol. The zero-order valence-electron chi connectivity index (χ0n) is 15.1. The molecule has 0 bridgehead atoms. The van der Waals surface area contributed by atoms with E-state index in [2.05, 4.69) is 5.32 Å². The summed E-state index contributed by atoms with van der Waals surface area (Å²) in [5.41, 5.74) is 1.85. The van der Waals surface area contributed by atoms with Gasteiger partial charge in [-0.25, -0.2) is 0 Å². The Bertz CT molecular complexity index is 823. The van der Waals surface area contributed by atoms with E-state index in [-0.39, 0.29) is 18.4 Å². The van der Waals surface area contributed by atoms with E-state index in [4.69, 9.17) is 21.1 Å². The summed E-state index contributed by atoms with van der Waals surface area (Å²) >= 11 is 6.12. The Morgan fingerprint density at radius 1 is 1.15 bits per heavy atom. The summed E-state index contributed by atoms with van der Waals surface area (Å²) in [5.74, 6) is 0.417. The van der Waals surface area contributed by atoms with Gasteiger partial charge in [0.1, 0.15) is 18.0 Å². The molecule has 0 unspecified atom stereocenters. The van der Waals surface area contributed by atoms with Crippen LogP contribution in [0.2, 0.25) is 5.02 Å². The lowest BCUT2D eigenvalue weighted by atomic mass is 10.2. The highest BCUT2D eigenvalue weighted by Crippen LogP contribution is 2.34. The zero-order valence-corrected chi connectivity index (χ0v) is 15.9. The van der Waals surface area contributed by atoms with Crippen molar-refractivity contribution in [3.63, 3.8) is 0 Å². The molecule has 26 heavy (non-hydrogen) atoms. The van der Waals surface area contributed by atoms with Gasteiger partial charge in [0.25, 0.3) is 0 Å². The van der Waals surface area contributed by atoms with Crippen LogP contribution in [0.15, 0.2) is 36.4 Å². The van der Waals surface area contributed by atoms with Crippen LogP contribution in [0.25, 0.3) is 0 Å². The summed E-state index contributed by atoms with van der Waals surface area (Å²) in [6.45, 7) is 3.05. The highest BCUT2D eigenvalue weighted by Gasteiger charge is 2.21. The van der Waals surface area contributed by atoms with E-state index in [1.165, 1.54) is 18.9 Å². The molecular formula is C19H21ClN2O4. The molecule has 1 N–H and O–H groups in total. The Kier molecular flexibility index (Phi) is 6.46. The Balaban J connectivity index is 2.24. The van der Waals surface area contributed by atoms with Gasteiger partial charge in [-0.15, -0.1) is 0 Å². The second-order valence-electron chi connectivity index (χ2n) is 5.66. The molecule has 138 valence electrons. The summed E-state index contributed by atoms with van der Waals surface area (Å²) in [6, 6.07) is 10.3. The van der Waals surface area contributed by atoms with Crippen molar-refractivity contribution in [2.24, 2.45) is 0 Å². The molecule has 2 amide bonds. The molecule has 0 radical (unpaired) electrons. The molecule has 0 heterocycles. The van der Waals surface area contributed by atoms with Crippen molar-refractivity contribution in [3.05, 3.63) is 47.0 Å². The number of benzene rings is 2. The number of nitrogens with zero attached hydrogens (tertiary/aromatic N) is 1. The zero-order chi connectivity index (χ0) is 19.3. The predicted octanol–water partition coefficient (Wildman–Crippen LogP) is 3.66. The monoisotopic (exact) mass is 376 g/mol. The third-order valence-corrected chi connectivity index (χ3v) is 4.19. The lowest BCUT2D eigenvalue weighted by Crippen LogP contribution is -2.37. The largest absolute Gasteiger partial charge is 0.497 e. The highest BCUT2D eigenvalue weighted by molar-refractivity contribution is 6.31. The molecule has 0 aromatic heterocycles. The molecule has 0 atom stereocenters. The van der Waals surface area contributed by atoms with Crippen LogP contribution in [0.3, 0.4) is 0 Å². The first-order valence-corrected chi connectivity index (χ1v) is 8.29. The quantitative estimate of drug-likeness (QED) is 0.835. The van der Waals surface area contributed by atoms with Gasteiger partial charge in [-0.1, -0.05) is 17.7 Å². The van der Waals surface area contributed by atoms with Crippen LogP contribution in [0.5, 0.6) is 11.5 Å². The second-order valence-corrected chi connectivity index (χ2v) is 6.07. The molecule has 0 spiro atoms.